The molecule has 0 aromatic carbocycles. The summed E-state index contributed by atoms with van der Waals surface area (Å²) in [5.74, 6) is 0.683. The van der Waals surface area contributed by atoms with Crippen LogP contribution in [0.4, 0.5) is 0 Å². The summed E-state index contributed by atoms with van der Waals surface area (Å²) in [4.78, 5) is 6.18. The Bertz CT molecular complexity index is 388. The molecule has 0 bridgehead atoms. The minimum Gasteiger partial charge on any atom is -0.316 e. The number of hydrogen-bond acceptors (Lipinski definition) is 4. The number of hydrogen-bond donors (Lipinski definition) is 2. The third-order valence-electron chi connectivity index (χ3n) is 3.90. The highest BCUT2D eigenvalue weighted by Crippen LogP contribution is 2.40. The largest absolute Gasteiger partial charge is 0.316 e. The van der Waals surface area contributed by atoms with E-state index in [2.05, 4.69) is 38.3 Å². The van der Waals surface area contributed by atoms with Gasteiger partial charge in [0, 0.05) is 23.4 Å². The average molecular weight is 253 g/mol. The first-order valence-corrected chi connectivity index (χ1v) is 7.27. The number of nitrogens with one attached hydrogen (secondary N) is 2. The molecule has 2 heterocycles. The van der Waals surface area contributed by atoms with Crippen molar-refractivity contribution in [2.75, 3.05) is 19.6 Å². The van der Waals surface area contributed by atoms with Crippen LogP contribution < -0.4 is 10.6 Å². The summed E-state index contributed by atoms with van der Waals surface area (Å²) in [5.41, 5.74) is 1.52. The topological polar surface area (TPSA) is 37.0 Å². The van der Waals surface area contributed by atoms with Gasteiger partial charge >= 0.3 is 0 Å². The molecule has 17 heavy (non-hydrogen) atoms. The fourth-order valence-corrected chi connectivity index (χ4v) is 3.72. The summed E-state index contributed by atoms with van der Waals surface area (Å²) in [5, 5.41) is 8.10. The highest BCUT2D eigenvalue weighted by atomic mass is 32.1. The van der Waals surface area contributed by atoms with Crippen LogP contribution in [0, 0.1) is 12.8 Å². The van der Waals surface area contributed by atoms with Crippen LogP contribution in [0.5, 0.6) is 0 Å². The van der Waals surface area contributed by atoms with Gasteiger partial charge < -0.3 is 10.6 Å². The van der Waals surface area contributed by atoms with Crippen LogP contribution >= 0.6 is 11.3 Å². The molecule has 0 radical (unpaired) electrons. The second-order valence-corrected chi connectivity index (χ2v) is 6.44. The lowest BCUT2D eigenvalue weighted by atomic mass is 9.79. The molecule has 2 unspecified atom stereocenters. The standard InChI is InChI=1S/C13H23N3S/c1-5-14-7-11-12(17-10(3)16-11)13(4)8-15-6-9(13)2/h9,14-15H,5-8H2,1-4H3. The molecule has 0 amide bonds. The van der Waals surface area contributed by atoms with Crippen LogP contribution in [0.1, 0.15) is 36.3 Å². The maximum absolute atomic E-state index is 4.70. The molecule has 1 fully saturated rings. The molecule has 1 aromatic rings. The molecule has 2 atom stereocenters. The van der Waals surface area contributed by atoms with E-state index in [0.29, 0.717) is 5.92 Å². The van der Waals surface area contributed by atoms with Crippen molar-refractivity contribution in [2.24, 2.45) is 5.92 Å². The number of rotatable bonds is 4. The molecule has 1 aliphatic heterocycles. The van der Waals surface area contributed by atoms with Gasteiger partial charge in [-0.2, -0.15) is 0 Å². The number of aromatic nitrogens is 1. The van der Waals surface area contributed by atoms with Crippen molar-refractivity contribution in [3.8, 4) is 0 Å². The van der Waals surface area contributed by atoms with Gasteiger partial charge in [0.15, 0.2) is 0 Å². The maximum Gasteiger partial charge on any atom is 0.0900 e. The van der Waals surface area contributed by atoms with Crippen LogP contribution in [0.3, 0.4) is 0 Å². The van der Waals surface area contributed by atoms with Gasteiger partial charge in [0.1, 0.15) is 0 Å². The Balaban J connectivity index is 2.30. The lowest BCUT2D eigenvalue weighted by Gasteiger charge is -2.27. The first-order valence-electron chi connectivity index (χ1n) is 6.46. The maximum atomic E-state index is 4.70. The van der Waals surface area contributed by atoms with Gasteiger partial charge in [0.25, 0.3) is 0 Å². The van der Waals surface area contributed by atoms with E-state index in [1.54, 1.807) is 0 Å². The van der Waals surface area contributed by atoms with Gasteiger partial charge in [-0.1, -0.05) is 20.8 Å². The summed E-state index contributed by atoms with van der Waals surface area (Å²) in [7, 11) is 0. The molecule has 4 heteroatoms. The van der Waals surface area contributed by atoms with E-state index >= 15 is 0 Å². The van der Waals surface area contributed by atoms with Crippen molar-refractivity contribution in [1.29, 1.82) is 0 Å². The van der Waals surface area contributed by atoms with Crippen LogP contribution in [-0.2, 0) is 12.0 Å². The highest BCUT2D eigenvalue weighted by Gasteiger charge is 2.40. The predicted octanol–water partition coefficient (Wildman–Crippen LogP) is 2.06. The quantitative estimate of drug-likeness (QED) is 0.862. The van der Waals surface area contributed by atoms with Crippen molar-refractivity contribution in [1.82, 2.24) is 15.6 Å². The van der Waals surface area contributed by atoms with E-state index < -0.39 is 0 Å². The van der Waals surface area contributed by atoms with Crippen molar-refractivity contribution in [3.63, 3.8) is 0 Å². The Morgan fingerprint density at radius 1 is 1.59 bits per heavy atom. The third-order valence-corrected chi connectivity index (χ3v) is 5.19. The first-order chi connectivity index (χ1) is 8.08. The fourth-order valence-electron chi connectivity index (χ4n) is 2.53. The van der Waals surface area contributed by atoms with Crippen molar-refractivity contribution >= 4 is 11.3 Å². The Hall–Kier alpha value is -0.450. The van der Waals surface area contributed by atoms with E-state index in [9.17, 15) is 0 Å². The van der Waals surface area contributed by atoms with Gasteiger partial charge in [0.2, 0.25) is 0 Å². The van der Waals surface area contributed by atoms with E-state index in [1.807, 2.05) is 11.3 Å². The van der Waals surface area contributed by atoms with Gasteiger partial charge in [-0.15, -0.1) is 11.3 Å². The highest BCUT2D eigenvalue weighted by molar-refractivity contribution is 7.11. The monoisotopic (exact) mass is 253 g/mol. The smallest absolute Gasteiger partial charge is 0.0900 e. The normalized spacial score (nSPS) is 28.8. The van der Waals surface area contributed by atoms with Crippen molar-refractivity contribution < 1.29 is 0 Å². The Labute approximate surface area is 108 Å². The third kappa shape index (κ3) is 2.39. The van der Waals surface area contributed by atoms with Crippen LogP contribution in [0.25, 0.3) is 0 Å². The Kier molecular flexibility index (Phi) is 3.85. The van der Waals surface area contributed by atoms with Gasteiger partial charge in [-0.05, 0) is 25.9 Å². The Morgan fingerprint density at radius 3 is 2.94 bits per heavy atom. The van der Waals surface area contributed by atoms with Crippen LogP contribution in [-0.4, -0.2) is 24.6 Å². The van der Waals surface area contributed by atoms with E-state index in [4.69, 9.17) is 4.98 Å². The minimum absolute atomic E-state index is 0.261. The molecule has 0 aliphatic carbocycles. The van der Waals surface area contributed by atoms with Crippen molar-refractivity contribution in [3.05, 3.63) is 15.6 Å². The molecule has 1 saturated heterocycles. The van der Waals surface area contributed by atoms with Gasteiger partial charge in [-0.3, -0.25) is 0 Å². The first kappa shape index (κ1) is 13.0. The fraction of sp³-hybridized carbons (Fsp3) is 0.769. The molecule has 96 valence electrons. The summed E-state index contributed by atoms with van der Waals surface area (Å²) in [6, 6.07) is 0. The van der Waals surface area contributed by atoms with E-state index in [1.165, 1.54) is 15.6 Å². The zero-order valence-corrected chi connectivity index (χ0v) is 12.1. The van der Waals surface area contributed by atoms with Gasteiger partial charge in [-0.25, -0.2) is 4.98 Å². The van der Waals surface area contributed by atoms with Crippen LogP contribution in [0.15, 0.2) is 0 Å². The second kappa shape index (κ2) is 5.04. The summed E-state index contributed by atoms with van der Waals surface area (Å²) >= 11 is 1.87. The predicted molar refractivity (Wildman–Crippen MR) is 73.6 cm³/mol. The molecular formula is C13H23N3S. The zero-order chi connectivity index (χ0) is 12.5. The summed E-state index contributed by atoms with van der Waals surface area (Å²) < 4.78 is 0. The molecule has 2 N–H and O–H groups in total. The van der Waals surface area contributed by atoms with E-state index in [-0.39, 0.29) is 5.41 Å². The zero-order valence-electron chi connectivity index (χ0n) is 11.3. The van der Waals surface area contributed by atoms with Gasteiger partial charge in [0.05, 0.1) is 10.7 Å². The summed E-state index contributed by atoms with van der Waals surface area (Å²) in [6.07, 6.45) is 0. The second-order valence-electron chi connectivity index (χ2n) is 5.24. The number of thiazole rings is 1. The SMILES string of the molecule is CCNCc1nc(C)sc1C1(C)CNCC1C. The molecule has 1 aromatic heterocycles. The molecular weight excluding hydrogens is 230 g/mol. The lowest BCUT2D eigenvalue weighted by molar-refractivity contribution is 0.406. The summed E-state index contributed by atoms with van der Waals surface area (Å²) in [6.45, 7) is 13.1. The molecule has 0 spiro atoms. The van der Waals surface area contributed by atoms with E-state index in [0.717, 1.165) is 26.2 Å². The lowest BCUT2D eigenvalue weighted by Crippen LogP contribution is -2.31. The Morgan fingerprint density at radius 2 is 2.35 bits per heavy atom. The molecule has 2 rings (SSSR count). The average Bonchev–Trinajstić information content (AvgIpc) is 2.82. The van der Waals surface area contributed by atoms with Crippen LogP contribution in [0.2, 0.25) is 0 Å². The molecule has 3 nitrogen and oxygen atoms in total. The minimum atomic E-state index is 0.261. The number of nitrogens with zero attached hydrogens (tertiary/aromatic N) is 1. The molecule has 1 aliphatic rings. The number of aryl methyl sites for hydroxylation is 1. The molecule has 0 saturated carbocycles. The van der Waals surface area contributed by atoms with Crippen molar-refractivity contribution in [2.45, 2.75) is 39.7 Å².